The van der Waals surface area contributed by atoms with Gasteiger partial charge in [-0.05, 0) is 93.4 Å². The summed E-state index contributed by atoms with van der Waals surface area (Å²) in [6.07, 6.45) is 0. The van der Waals surface area contributed by atoms with Crippen LogP contribution in [-0.2, 0) is 5.41 Å². The van der Waals surface area contributed by atoms with Gasteiger partial charge in [0.2, 0.25) is 0 Å². The van der Waals surface area contributed by atoms with Crippen LogP contribution < -0.4 is 4.90 Å². The molecule has 0 aliphatic heterocycles. The van der Waals surface area contributed by atoms with Gasteiger partial charge in [0.1, 0.15) is 11.2 Å². The number of nitrogens with zero attached hydrogens (tertiary/aromatic N) is 1. The number of anilines is 3. The summed E-state index contributed by atoms with van der Waals surface area (Å²) in [5.41, 5.74) is 13.2. The van der Waals surface area contributed by atoms with E-state index in [0.29, 0.717) is 0 Å². The summed E-state index contributed by atoms with van der Waals surface area (Å²) in [5.74, 6) is 0. The highest BCUT2D eigenvalue weighted by Gasteiger charge is 2.37. The van der Waals surface area contributed by atoms with Crippen molar-refractivity contribution in [3.63, 3.8) is 0 Å². The Hall–Kier alpha value is -6.16. The molecule has 0 saturated carbocycles. The van der Waals surface area contributed by atoms with Gasteiger partial charge in [-0.2, -0.15) is 0 Å². The molecule has 0 N–H and O–H groups in total. The molecule has 11 rings (SSSR count). The maximum atomic E-state index is 6.92. The molecule has 1 aliphatic carbocycles. The van der Waals surface area contributed by atoms with E-state index in [1.54, 1.807) is 0 Å². The van der Waals surface area contributed by atoms with E-state index in [9.17, 15) is 0 Å². The number of hydrogen-bond acceptors (Lipinski definition) is 3. The molecule has 10 aromatic rings. The van der Waals surface area contributed by atoms with Crippen molar-refractivity contribution in [3.8, 4) is 22.3 Å². The summed E-state index contributed by atoms with van der Waals surface area (Å²) in [7, 11) is 0. The minimum absolute atomic E-state index is 0.0821. The number of fused-ring (bicyclic) bond motifs is 12. The lowest BCUT2D eigenvalue weighted by Crippen LogP contribution is -2.16. The lowest BCUT2D eigenvalue weighted by atomic mass is 9.79. The molecular weight excluding hydrogens is 651 g/mol. The second-order valence-electron chi connectivity index (χ2n) is 14.4. The molecule has 0 bridgehead atoms. The van der Waals surface area contributed by atoms with E-state index in [0.717, 1.165) is 44.4 Å². The van der Waals surface area contributed by atoms with E-state index < -0.39 is 0 Å². The maximum Gasteiger partial charge on any atom is 0.144 e. The molecule has 0 spiro atoms. The standard InChI is InChI=1S/C49H33NOS/c1-49(2)40-19-9-8-16-36(40)37-18-10-17-34(46(37)49)31-22-25-33(26-23-31)50(32-13-4-3-5-14-32)41-20-11-21-42-44(41)45-43(52-42)29-28-39-38-27-24-30-12-6-7-15-35(30)47(38)51-48(39)45/h3-29H,1-2H3. The molecule has 8 aromatic carbocycles. The minimum atomic E-state index is -0.0821. The van der Waals surface area contributed by atoms with Gasteiger partial charge < -0.3 is 9.32 Å². The van der Waals surface area contributed by atoms with Crippen LogP contribution in [0, 0.1) is 0 Å². The van der Waals surface area contributed by atoms with Crippen LogP contribution in [-0.4, -0.2) is 0 Å². The first-order valence-electron chi connectivity index (χ1n) is 17.9. The number of hydrogen-bond donors (Lipinski definition) is 0. The van der Waals surface area contributed by atoms with Gasteiger partial charge in [0.25, 0.3) is 0 Å². The molecule has 0 radical (unpaired) electrons. The zero-order valence-corrected chi connectivity index (χ0v) is 29.7. The van der Waals surface area contributed by atoms with Crippen molar-refractivity contribution in [2.75, 3.05) is 4.90 Å². The number of thiophene rings is 1. The topological polar surface area (TPSA) is 16.4 Å². The van der Waals surface area contributed by atoms with Crippen LogP contribution in [0.1, 0.15) is 25.0 Å². The van der Waals surface area contributed by atoms with Crippen molar-refractivity contribution in [2.45, 2.75) is 19.3 Å². The van der Waals surface area contributed by atoms with Gasteiger partial charge in [0.05, 0.1) is 5.69 Å². The summed E-state index contributed by atoms with van der Waals surface area (Å²) in [5, 5.41) is 7.03. The van der Waals surface area contributed by atoms with Crippen LogP contribution in [0.15, 0.2) is 168 Å². The Balaban J connectivity index is 1.12. The summed E-state index contributed by atoms with van der Waals surface area (Å²) in [6, 6.07) is 59.7. The summed E-state index contributed by atoms with van der Waals surface area (Å²) >= 11 is 1.83. The molecule has 0 fully saturated rings. The van der Waals surface area contributed by atoms with Gasteiger partial charge in [0, 0.05) is 53.1 Å². The normalized spacial score (nSPS) is 13.3. The van der Waals surface area contributed by atoms with Crippen LogP contribution in [0.25, 0.3) is 75.1 Å². The highest BCUT2D eigenvalue weighted by atomic mass is 32.1. The maximum absolute atomic E-state index is 6.92. The first-order chi connectivity index (χ1) is 25.6. The van der Waals surface area contributed by atoms with E-state index in [1.165, 1.54) is 58.9 Å². The highest BCUT2D eigenvalue weighted by Crippen LogP contribution is 2.53. The first kappa shape index (κ1) is 29.6. The third kappa shape index (κ3) is 4.11. The minimum Gasteiger partial charge on any atom is -0.455 e. The van der Waals surface area contributed by atoms with Crippen LogP contribution in [0.2, 0.25) is 0 Å². The third-order valence-electron chi connectivity index (χ3n) is 11.2. The first-order valence-corrected chi connectivity index (χ1v) is 18.7. The quantitative estimate of drug-likeness (QED) is 0.184. The Morgan fingerprint density at radius 1 is 0.481 bits per heavy atom. The number of para-hydroxylation sites is 1. The van der Waals surface area contributed by atoms with Gasteiger partial charge in [-0.25, -0.2) is 0 Å². The molecule has 246 valence electrons. The fraction of sp³-hybridized carbons (Fsp3) is 0.0612. The average molecular weight is 684 g/mol. The van der Waals surface area contributed by atoms with E-state index in [2.05, 4.69) is 183 Å². The fourth-order valence-corrected chi connectivity index (χ4v) is 10.0. The van der Waals surface area contributed by atoms with Gasteiger partial charge in [-0.15, -0.1) is 11.3 Å². The lowest BCUT2D eigenvalue weighted by molar-refractivity contribution is 0.662. The molecule has 0 atom stereocenters. The molecule has 1 aliphatic rings. The Kier molecular flexibility index (Phi) is 6.21. The predicted octanol–water partition coefficient (Wildman–Crippen LogP) is 14.6. The zero-order valence-electron chi connectivity index (χ0n) is 28.9. The SMILES string of the molecule is CC1(C)c2ccccc2-c2cccc(-c3ccc(N(c4ccccc4)c4cccc5sc6ccc7c8ccc9ccccc9c8oc7c6c45)cc3)c21. The molecule has 0 unspecified atom stereocenters. The van der Waals surface area contributed by atoms with E-state index in [4.69, 9.17) is 4.42 Å². The number of benzene rings is 8. The van der Waals surface area contributed by atoms with Crippen molar-refractivity contribution < 1.29 is 4.42 Å². The number of furan rings is 1. The van der Waals surface area contributed by atoms with Gasteiger partial charge in [-0.1, -0.05) is 123 Å². The van der Waals surface area contributed by atoms with Crippen LogP contribution in [0.5, 0.6) is 0 Å². The summed E-state index contributed by atoms with van der Waals surface area (Å²) in [4.78, 5) is 2.41. The van der Waals surface area contributed by atoms with Crippen molar-refractivity contribution in [2.24, 2.45) is 0 Å². The smallest absolute Gasteiger partial charge is 0.144 e. The largest absolute Gasteiger partial charge is 0.455 e. The molecule has 2 aromatic heterocycles. The second-order valence-corrected chi connectivity index (χ2v) is 15.5. The molecule has 3 heteroatoms. The summed E-state index contributed by atoms with van der Waals surface area (Å²) in [6.45, 7) is 4.72. The number of rotatable bonds is 4. The molecule has 0 saturated heterocycles. The third-order valence-corrected chi connectivity index (χ3v) is 12.4. The predicted molar refractivity (Wildman–Crippen MR) is 222 cm³/mol. The Bertz CT molecular complexity index is 3040. The highest BCUT2D eigenvalue weighted by molar-refractivity contribution is 7.26. The van der Waals surface area contributed by atoms with Crippen molar-refractivity contribution in [3.05, 3.63) is 175 Å². The van der Waals surface area contributed by atoms with Gasteiger partial charge >= 0.3 is 0 Å². The van der Waals surface area contributed by atoms with Crippen LogP contribution >= 0.6 is 11.3 Å². The van der Waals surface area contributed by atoms with Gasteiger partial charge in [0.15, 0.2) is 0 Å². The van der Waals surface area contributed by atoms with Crippen molar-refractivity contribution in [1.29, 1.82) is 0 Å². The van der Waals surface area contributed by atoms with E-state index in [-0.39, 0.29) is 5.41 Å². The van der Waals surface area contributed by atoms with E-state index >= 15 is 0 Å². The lowest BCUT2D eigenvalue weighted by Gasteiger charge is -2.27. The summed E-state index contributed by atoms with van der Waals surface area (Å²) < 4.78 is 9.39. The Morgan fingerprint density at radius 3 is 2.04 bits per heavy atom. The fourth-order valence-electron chi connectivity index (χ4n) is 8.91. The Labute approximate surface area is 305 Å². The van der Waals surface area contributed by atoms with E-state index in [1.807, 2.05) is 11.3 Å². The van der Waals surface area contributed by atoms with Crippen molar-refractivity contribution in [1.82, 2.24) is 0 Å². The zero-order chi connectivity index (χ0) is 34.6. The molecule has 2 heterocycles. The average Bonchev–Trinajstić information content (AvgIpc) is 3.84. The molecular formula is C49H33NOS. The second kappa shape index (κ2) is 10.9. The van der Waals surface area contributed by atoms with Crippen LogP contribution in [0.4, 0.5) is 17.1 Å². The van der Waals surface area contributed by atoms with Crippen LogP contribution in [0.3, 0.4) is 0 Å². The molecule has 52 heavy (non-hydrogen) atoms. The van der Waals surface area contributed by atoms with Gasteiger partial charge in [-0.3, -0.25) is 0 Å². The molecule has 2 nitrogen and oxygen atoms in total. The molecule has 0 amide bonds. The monoisotopic (exact) mass is 683 g/mol. The van der Waals surface area contributed by atoms with Crippen molar-refractivity contribution >= 4 is 81.3 Å². The Morgan fingerprint density at radius 2 is 1.15 bits per heavy atom.